The Kier molecular flexibility index (Phi) is 5.67. The second-order valence-corrected chi connectivity index (χ2v) is 7.28. The average molecular weight is 439 g/mol. The largest absolute Gasteiger partial charge is 0.421 e. The molecule has 0 aliphatic carbocycles. The van der Waals surface area contributed by atoms with Crippen molar-refractivity contribution in [3.63, 3.8) is 0 Å². The van der Waals surface area contributed by atoms with Crippen molar-refractivity contribution in [2.45, 2.75) is 38.3 Å². The fourth-order valence-corrected chi connectivity index (χ4v) is 2.77. The number of hydrogen-bond donors (Lipinski definition) is 4. The van der Waals surface area contributed by atoms with Crippen molar-refractivity contribution in [3.8, 4) is 0 Å². The topological polar surface area (TPSA) is 139 Å². The Morgan fingerprint density at radius 1 is 1.16 bits per heavy atom. The lowest BCUT2D eigenvalue weighted by Gasteiger charge is -2.22. The minimum atomic E-state index is -4.64. The smallest absolute Gasteiger partial charge is 0.370 e. The Hall–Kier alpha value is -3.20. The van der Waals surface area contributed by atoms with Gasteiger partial charge in [-0.25, -0.2) is 9.67 Å². The molecule has 0 aliphatic heterocycles. The highest BCUT2D eigenvalue weighted by Crippen LogP contribution is 2.34. The standard InChI is InChI=1S/C16H21BF3N9O2/c1-4-21-12-9(15(18,19)20)8-22-13(26-12)25-11-7-10(27-28(11)16(17,30)31)14(2,3)29-23-5-6-24-29/h5-8,30-31H,4,17H2,1-3H3,(H2,21,22,25,26). The fourth-order valence-electron chi connectivity index (χ4n) is 2.77. The van der Waals surface area contributed by atoms with Gasteiger partial charge in [-0.3, -0.25) is 0 Å². The monoisotopic (exact) mass is 439 g/mol. The van der Waals surface area contributed by atoms with Crippen LogP contribution in [-0.4, -0.2) is 59.3 Å². The van der Waals surface area contributed by atoms with E-state index in [1.807, 2.05) is 0 Å². The Bertz CT molecular complexity index is 1050. The Morgan fingerprint density at radius 3 is 2.35 bits per heavy atom. The van der Waals surface area contributed by atoms with Gasteiger partial charge >= 0.3 is 6.18 Å². The van der Waals surface area contributed by atoms with Crippen LogP contribution in [0, 0.1) is 0 Å². The number of anilines is 3. The maximum absolute atomic E-state index is 13.2. The lowest BCUT2D eigenvalue weighted by molar-refractivity contribution is -0.158. The van der Waals surface area contributed by atoms with Crippen molar-refractivity contribution in [2.75, 3.05) is 17.2 Å². The summed E-state index contributed by atoms with van der Waals surface area (Å²) in [5.41, 5.74) is -1.56. The van der Waals surface area contributed by atoms with E-state index in [2.05, 4.69) is 35.9 Å². The zero-order valence-electron chi connectivity index (χ0n) is 17.2. The molecule has 0 radical (unpaired) electrons. The summed E-state index contributed by atoms with van der Waals surface area (Å²) in [6.45, 7) is 5.35. The van der Waals surface area contributed by atoms with E-state index >= 15 is 0 Å². The zero-order chi connectivity index (χ0) is 23.0. The van der Waals surface area contributed by atoms with E-state index in [1.165, 1.54) is 23.3 Å². The molecule has 0 saturated carbocycles. The minimum Gasteiger partial charge on any atom is -0.370 e. The number of alkyl halides is 3. The van der Waals surface area contributed by atoms with Crippen LogP contribution in [0.4, 0.5) is 30.8 Å². The highest BCUT2D eigenvalue weighted by molar-refractivity contribution is 6.11. The highest BCUT2D eigenvalue weighted by atomic mass is 19.4. The lowest BCUT2D eigenvalue weighted by Crippen LogP contribution is -2.36. The van der Waals surface area contributed by atoms with Gasteiger partial charge in [0.1, 0.15) is 22.7 Å². The van der Waals surface area contributed by atoms with Crippen molar-refractivity contribution >= 4 is 25.4 Å². The van der Waals surface area contributed by atoms with E-state index in [9.17, 15) is 23.4 Å². The van der Waals surface area contributed by atoms with Gasteiger partial charge in [0.05, 0.1) is 18.1 Å². The molecule has 3 aromatic heterocycles. The van der Waals surface area contributed by atoms with Gasteiger partial charge in [0.15, 0.2) is 0 Å². The van der Waals surface area contributed by atoms with E-state index in [-0.39, 0.29) is 18.3 Å². The molecule has 31 heavy (non-hydrogen) atoms. The van der Waals surface area contributed by atoms with E-state index in [0.29, 0.717) is 11.9 Å². The molecule has 15 heteroatoms. The molecule has 0 aromatic carbocycles. The number of aliphatic hydroxyl groups is 2. The van der Waals surface area contributed by atoms with Crippen molar-refractivity contribution < 1.29 is 23.4 Å². The number of nitrogens with one attached hydrogen (secondary N) is 2. The van der Waals surface area contributed by atoms with Crippen LogP contribution in [0.2, 0.25) is 0 Å². The number of rotatable bonds is 7. The Balaban J connectivity index is 2.03. The Morgan fingerprint density at radius 2 is 1.81 bits per heavy atom. The summed E-state index contributed by atoms with van der Waals surface area (Å²) >= 11 is 0. The van der Waals surface area contributed by atoms with Crippen molar-refractivity contribution in [1.29, 1.82) is 0 Å². The first-order chi connectivity index (χ1) is 14.3. The quantitative estimate of drug-likeness (QED) is 0.305. The summed E-state index contributed by atoms with van der Waals surface area (Å²) in [5.74, 6) is -3.00. The fraction of sp³-hybridized carbons (Fsp3) is 0.438. The second-order valence-electron chi connectivity index (χ2n) is 7.28. The molecule has 0 saturated heterocycles. The van der Waals surface area contributed by atoms with E-state index < -0.39 is 28.9 Å². The summed E-state index contributed by atoms with van der Waals surface area (Å²) in [4.78, 5) is 8.97. The molecule has 4 N–H and O–H groups in total. The predicted molar refractivity (Wildman–Crippen MR) is 106 cm³/mol. The summed E-state index contributed by atoms with van der Waals surface area (Å²) in [6.07, 6.45) is -1.03. The molecule has 0 bridgehead atoms. The molecule has 166 valence electrons. The van der Waals surface area contributed by atoms with Crippen LogP contribution >= 0.6 is 0 Å². The molecular formula is C16H21BF3N9O2. The van der Waals surface area contributed by atoms with E-state index in [0.717, 1.165) is 12.5 Å². The van der Waals surface area contributed by atoms with Crippen LogP contribution in [-0.2, 0) is 17.5 Å². The number of nitrogens with zero attached hydrogens (tertiary/aromatic N) is 7. The number of aromatic nitrogens is 7. The third kappa shape index (κ3) is 4.61. The first-order valence-electron chi connectivity index (χ1n) is 9.21. The van der Waals surface area contributed by atoms with Crippen LogP contribution in [0.25, 0.3) is 0 Å². The van der Waals surface area contributed by atoms with Gasteiger partial charge in [0, 0.05) is 18.8 Å². The van der Waals surface area contributed by atoms with Gasteiger partial charge in [0.2, 0.25) is 19.6 Å². The van der Waals surface area contributed by atoms with Crippen LogP contribution in [0.5, 0.6) is 0 Å². The van der Waals surface area contributed by atoms with Gasteiger partial charge < -0.3 is 20.8 Å². The van der Waals surface area contributed by atoms with E-state index in [4.69, 9.17) is 0 Å². The van der Waals surface area contributed by atoms with Gasteiger partial charge in [-0.2, -0.15) is 38.2 Å². The summed E-state index contributed by atoms with van der Waals surface area (Å²) < 4.78 is 40.4. The maximum atomic E-state index is 13.2. The Labute approximate surface area is 175 Å². The second kappa shape index (κ2) is 7.81. The third-order valence-corrected chi connectivity index (χ3v) is 4.33. The predicted octanol–water partition coefficient (Wildman–Crippen LogP) is 0.428. The maximum Gasteiger partial charge on any atom is 0.421 e. The molecule has 0 fully saturated rings. The van der Waals surface area contributed by atoms with Crippen LogP contribution in [0.3, 0.4) is 0 Å². The molecule has 0 spiro atoms. The van der Waals surface area contributed by atoms with Gasteiger partial charge in [-0.15, -0.1) is 0 Å². The molecule has 3 heterocycles. The molecule has 0 aliphatic rings. The molecule has 0 atom stereocenters. The van der Waals surface area contributed by atoms with Crippen LogP contribution in [0.1, 0.15) is 32.0 Å². The van der Waals surface area contributed by atoms with Crippen molar-refractivity contribution in [2.24, 2.45) is 0 Å². The average Bonchev–Trinajstić information content (AvgIpc) is 3.31. The normalized spacial score (nSPS) is 12.8. The SMILES string of the molecule is BC(O)(O)n1nc(C(C)(C)n2nccn2)cc1Nc1ncc(C(F)(F)F)c(NCC)n1. The van der Waals surface area contributed by atoms with E-state index in [1.54, 1.807) is 20.8 Å². The van der Waals surface area contributed by atoms with Crippen LogP contribution < -0.4 is 10.6 Å². The first kappa shape index (κ1) is 22.5. The minimum absolute atomic E-state index is 0.0324. The zero-order valence-corrected chi connectivity index (χ0v) is 17.2. The van der Waals surface area contributed by atoms with Gasteiger partial charge in [-0.05, 0) is 20.8 Å². The molecular weight excluding hydrogens is 418 g/mol. The molecule has 3 aromatic rings. The highest BCUT2D eigenvalue weighted by Gasteiger charge is 2.36. The lowest BCUT2D eigenvalue weighted by atomic mass is 10.0. The third-order valence-electron chi connectivity index (χ3n) is 4.33. The molecule has 0 amide bonds. The van der Waals surface area contributed by atoms with Gasteiger partial charge in [0.25, 0.3) is 0 Å². The van der Waals surface area contributed by atoms with Gasteiger partial charge in [-0.1, -0.05) is 0 Å². The van der Waals surface area contributed by atoms with Crippen LogP contribution in [0.15, 0.2) is 24.7 Å². The van der Waals surface area contributed by atoms with Crippen molar-refractivity contribution in [3.05, 3.63) is 35.9 Å². The molecule has 11 nitrogen and oxygen atoms in total. The first-order valence-corrected chi connectivity index (χ1v) is 9.21. The summed E-state index contributed by atoms with van der Waals surface area (Å²) in [5, 5.41) is 37.9. The van der Waals surface area contributed by atoms with Crippen molar-refractivity contribution in [1.82, 2.24) is 34.7 Å². The molecule has 3 rings (SSSR count). The molecule has 0 unspecified atom stereocenters. The summed E-state index contributed by atoms with van der Waals surface area (Å²) in [7, 11) is 1.08. The number of halogens is 3. The number of hydrogen-bond acceptors (Lipinski definition) is 9. The summed E-state index contributed by atoms with van der Waals surface area (Å²) in [6, 6.07) is 1.47.